The molecule has 0 unspecified atom stereocenters. The van der Waals surface area contributed by atoms with Gasteiger partial charge in [0.2, 0.25) is 0 Å². The molecule has 0 amide bonds. The molecule has 1 aromatic heterocycles. The van der Waals surface area contributed by atoms with E-state index in [0.717, 1.165) is 21.9 Å². The van der Waals surface area contributed by atoms with Gasteiger partial charge in [-0.25, -0.2) is 8.96 Å². The Morgan fingerprint density at radius 1 is 0.895 bits per heavy atom. The van der Waals surface area contributed by atoms with Crippen LogP contribution in [0.3, 0.4) is 0 Å². The summed E-state index contributed by atoms with van der Waals surface area (Å²) in [6, 6.07) is 25.3. The van der Waals surface area contributed by atoms with Gasteiger partial charge in [-0.05, 0) is 55.5 Å². The molecule has 0 aliphatic rings. The predicted octanol–water partition coefficient (Wildman–Crippen LogP) is 6.94. The molecule has 7 nitrogen and oxygen atoms in total. The van der Waals surface area contributed by atoms with Crippen LogP contribution >= 0.6 is 11.8 Å². The SMILES string of the molecule is Cc1ccc(C(=O)n2c(Nc3ccc(F)cc3)c(Sc3ccccc3[N+](=O)[O-])c3ccccc3c2=O)cc1. The maximum absolute atomic E-state index is 13.8. The van der Waals surface area contributed by atoms with Gasteiger partial charge in [0.1, 0.15) is 11.6 Å². The van der Waals surface area contributed by atoms with Crippen LogP contribution in [0.1, 0.15) is 15.9 Å². The number of nitro groups is 1. The molecule has 0 fully saturated rings. The Balaban J connectivity index is 1.82. The fraction of sp³-hybridized carbons (Fsp3) is 0.0345. The number of nitro benzene ring substituents is 1. The number of anilines is 2. The predicted molar refractivity (Wildman–Crippen MR) is 146 cm³/mol. The number of fused-ring (bicyclic) bond motifs is 1. The molecule has 5 aromatic rings. The van der Waals surface area contributed by atoms with Crippen molar-refractivity contribution in [1.29, 1.82) is 0 Å². The minimum absolute atomic E-state index is 0.114. The quantitative estimate of drug-likeness (QED) is 0.191. The Hall–Kier alpha value is -4.76. The van der Waals surface area contributed by atoms with E-state index in [4.69, 9.17) is 0 Å². The van der Waals surface area contributed by atoms with Crippen molar-refractivity contribution in [1.82, 2.24) is 4.57 Å². The molecule has 0 spiro atoms. The van der Waals surface area contributed by atoms with E-state index in [1.165, 1.54) is 30.3 Å². The van der Waals surface area contributed by atoms with Gasteiger partial charge in [0, 0.05) is 28.1 Å². The maximum atomic E-state index is 13.8. The number of hydrogen-bond donors (Lipinski definition) is 1. The lowest BCUT2D eigenvalue weighted by atomic mass is 10.1. The Morgan fingerprint density at radius 2 is 1.53 bits per heavy atom. The zero-order chi connectivity index (χ0) is 26.8. The Labute approximate surface area is 220 Å². The number of halogens is 1. The third-order valence-corrected chi connectivity index (χ3v) is 7.11. The highest BCUT2D eigenvalue weighted by molar-refractivity contribution is 7.99. The highest BCUT2D eigenvalue weighted by Gasteiger charge is 2.25. The van der Waals surface area contributed by atoms with Gasteiger partial charge in [-0.15, -0.1) is 0 Å². The van der Waals surface area contributed by atoms with Crippen molar-refractivity contribution in [2.24, 2.45) is 0 Å². The van der Waals surface area contributed by atoms with E-state index >= 15 is 0 Å². The van der Waals surface area contributed by atoms with Gasteiger partial charge in [-0.1, -0.05) is 59.8 Å². The van der Waals surface area contributed by atoms with E-state index in [9.17, 15) is 24.1 Å². The van der Waals surface area contributed by atoms with E-state index < -0.39 is 22.2 Å². The summed E-state index contributed by atoms with van der Waals surface area (Å²) in [5.74, 6) is -0.902. The summed E-state index contributed by atoms with van der Waals surface area (Å²) in [5, 5.41) is 15.7. The number of carbonyl (C=O) groups is 1. The van der Waals surface area contributed by atoms with E-state index in [0.29, 0.717) is 20.9 Å². The first-order valence-corrected chi connectivity index (χ1v) is 12.4. The topological polar surface area (TPSA) is 94.2 Å². The largest absolute Gasteiger partial charge is 0.340 e. The normalized spacial score (nSPS) is 10.9. The number of aromatic nitrogens is 1. The molecule has 4 aromatic carbocycles. The van der Waals surface area contributed by atoms with Gasteiger partial charge in [0.25, 0.3) is 17.2 Å². The fourth-order valence-electron chi connectivity index (χ4n) is 4.03. The van der Waals surface area contributed by atoms with Crippen molar-refractivity contribution in [2.45, 2.75) is 16.7 Å². The van der Waals surface area contributed by atoms with Crippen molar-refractivity contribution in [3.63, 3.8) is 0 Å². The zero-order valence-electron chi connectivity index (χ0n) is 20.1. The molecule has 9 heteroatoms. The first-order chi connectivity index (χ1) is 18.3. The molecule has 0 aliphatic carbocycles. The number of rotatable bonds is 6. The number of hydrogen-bond acceptors (Lipinski definition) is 6. The summed E-state index contributed by atoms with van der Waals surface area (Å²) in [4.78, 5) is 39.6. The molecule has 0 radical (unpaired) electrons. The Morgan fingerprint density at radius 3 is 2.21 bits per heavy atom. The van der Waals surface area contributed by atoms with E-state index in [-0.39, 0.29) is 22.5 Å². The highest BCUT2D eigenvalue weighted by Crippen LogP contribution is 2.42. The van der Waals surface area contributed by atoms with Crippen LogP contribution in [0.4, 0.5) is 21.6 Å². The number of nitrogens with one attached hydrogen (secondary N) is 1. The first-order valence-electron chi connectivity index (χ1n) is 11.6. The molecule has 38 heavy (non-hydrogen) atoms. The first kappa shape index (κ1) is 24.9. The van der Waals surface area contributed by atoms with Crippen LogP contribution in [0.2, 0.25) is 0 Å². The zero-order valence-corrected chi connectivity index (χ0v) is 20.9. The molecule has 0 saturated carbocycles. The molecule has 188 valence electrons. The van der Waals surface area contributed by atoms with Crippen molar-refractivity contribution in [3.05, 3.63) is 134 Å². The number of benzene rings is 4. The van der Waals surface area contributed by atoms with Gasteiger partial charge in [0.15, 0.2) is 0 Å². The second-order valence-electron chi connectivity index (χ2n) is 8.49. The third-order valence-electron chi connectivity index (χ3n) is 5.93. The number of pyridine rings is 1. The molecule has 5 rings (SSSR count). The minimum atomic E-state index is -0.574. The standard InChI is InChI=1S/C29H20FN3O4S/c1-18-10-12-19(13-11-18)28(34)32-27(31-21-16-14-20(30)15-17-21)26(22-6-2-3-7-23(22)29(32)35)38-25-9-5-4-8-24(25)33(36)37/h2-17,31H,1H3. The average Bonchev–Trinajstić information content (AvgIpc) is 2.92. The van der Waals surface area contributed by atoms with Gasteiger partial charge in [-0.2, -0.15) is 0 Å². The second-order valence-corrected chi connectivity index (χ2v) is 9.55. The maximum Gasteiger partial charge on any atom is 0.283 e. The molecule has 0 aliphatic heterocycles. The Kier molecular flexibility index (Phi) is 6.76. The van der Waals surface area contributed by atoms with Crippen LogP contribution in [-0.2, 0) is 0 Å². The second kappa shape index (κ2) is 10.3. The minimum Gasteiger partial charge on any atom is -0.340 e. The molecule has 0 bridgehead atoms. The van der Waals surface area contributed by atoms with Crippen LogP contribution in [0.5, 0.6) is 0 Å². The molecular weight excluding hydrogens is 505 g/mol. The monoisotopic (exact) mass is 525 g/mol. The van der Waals surface area contributed by atoms with Crippen LogP contribution < -0.4 is 10.9 Å². The molecule has 0 saturated heterocycles. The Bertz CT molecular complexity index is 1750. The lowest BCUT2D eigenvalue weighted by Gasteiger charge is -2.20. The summed E-state index contributed by atoms with van der Waals surface area (Å²) < 4.78 is 14.7. The number of aryl methyl sites for hydroxylation is 1. The number of nitrogens with zero attached hydrogens (tertiary/aromatic N) is 2. The fourth-order valence-corrected chi connectivity index (χ4v) is 5.17. The molecule has 0 atom stereocenters. The van der Waals surface area contributed by atoms with Gasteiger partial charge in [-0.3, -0.25) is 19.7 Å². The van der Waals surface area contributed by atoms with E-state index in [2.05, 4.69) is 5.32 Å². The summed E-state index contributed by atoms with van der Waals surface area (Å²) in [7, 11) is 0. The molecule has 1 heterocycles. The smallest absolute Gasteiger partial charge is 0.283 e. The highest BCUT2D eigenvalue weighted by atomic mass is 32.2. The van der Waals surface area contributed by atoms with Crippen molar-refractivity contribution in [3.8, 4) is 0 Å². The lowest BCUT2D eigenvalue weighted by molar-refractivity contribution is -0.387. The van der Waals surface area contributed by atoms with Gasteiger partial charge in [0.05, 0.1) is 14.7 Å². The van der Waals surface area contributed by atoms with E-state index in [1.807, 2.05) is 6.92 Å². The average molecular weight is 526 g/mol. The lowest BCUT2D eigenvalue weighted by Crippen LogP contribution is -2.30. The summed E-state index contributed by atoms with van der Waals surface area (Å²) in [6.45, 7) is 1.89. The summed E-state index contributed by atoms with van der Waals surface area (Å²) in [5.41, 5.74) is 0.997. The van der Waals surface area contributed by atoms with E-state index in [1.54, 1.807) is 66.7 Å². The molecule has 1 N–H and O–H groups in total. The van der Waals surface area contributed by atoms with Gasteiger partial charge >= 0.3 is 0 Å². The molecular formula is C29H20FN3O4S. The number of para-hydroxylation sites is 1. The van der Waals surface area contributed by atoms with Crippen molar-refractivity contribution < 1.29 is 14.1 Å². The third kappa shape index (κ3) is 4.79. The van der Waals surface area contributed by atoms with Crippen LogP contribution in [0, 0.1) is 22.9 Å². The van der Waals surface area contributed by atoms with Gasteiger partial charge < -0.3 is 5.32 Å². The number of carbonyl (C=O) groups excluding carboxylic acids is 1. The van der Waals surface area contributed by atoms with Crippen LogP contribution in [0.15, 0.2) is 112 Å². The van der Waals surface area contributed by atoms with Crippen molar-refractivity contribution >= 4 is 45.6 Å². The summed E-state index contributed by atoms with van der Waals surface area (Å²) in [6.07, 6.45) is 0. The summed E-state index contributed by atoms with van der Waals surface area (Å²) >= 11 is 1.07. The van der Waals surface area contributed by atoms with Crippen LogP contribution in [-0.4, -0.2) is 15.4 Å². The van der Waals surface area contributed by atoms with Crippen LogP contribution in [0.25, 0.3) is 10.8 Å². The van der Waals surface area contributed by atoms with Crippen molar-refractivity contribution in [2.75, 3.05) is 5.32 Å².